The van der Waals surface area contributed by atoms with Gasteiger partial charge < -0.3 is 0 Å². The van der Waals surface area contributed by atoms with E-state index in [1.54, 1.807) is 0 Å². The topological polar surface area (TPSA) is 25.8 Å². The Morgan fingerprint density at radius 3 is 1.15 bits per heavy atom. The maximum Gasteiger partial charge on any atom is 0.0787 e. The van der Waals surface area contributed by atoms with Gasteiger partial charge in [0.05, 0.1) is 22.4 Å². The van der Waals surface area contributed by atoms with Crippen molar-refractivity contribution in [2.45, 2.75) is 13.8 Å². The van der Waals surface area contributed by atoms with Gasteiger partial charge in [0.2, 0.25) is 0 Å². The molecule has 0 spiro atoms. The van der Waals surface area contributed by atoms with Gasteiger partial charge in [-0.05, 0) is 83.3 Å². The number of aromatic nitrogens is 2. The Balaban J connectivity index is 1.03. The summed E-state index contributed by atoms with van der Waals surface area (Å²) in [7, 11) is 0. The molecule has 9 aromatic rings. The molecule has 0 amide bonds. The maximum atomic E-state index is 5.17. The van der Waals surface area contributed by atoms with Gasteiger partial charge in [-0.2, -0.15) is 0 Å². The third-order valence-electron chi connectivity index (χ3n) is 9.53. The van der Waals surface area contributed by atoms with Crippen molar-refractivity contribution >= 4 is 43.4 Å². The molecule has 0 bridgehead atoms. The van der Waals surface area contributed by atoms with Gasteiger partial charge in [-0.3, -0.25) is 0 Å². The van der Waals surface area contributed by atoms with Crippen LogP contribution >= 0.6 is 0 Å². The van der Waals surface area contributed by atoms with Gasteiger partial charge in [0.25, 0.3) is 0 Å². The fourth-order valence-corrected chi connectivity index (χ4v) is 6.93. The van der Waals surface area contributed by atoms with Crippen LogP contribution in [0.5, 0.6) is 0 Å². The lowest BCUT2D eigenvalue weighted by molar-refractivity contribution is 1.40. The van der Waals surface area contributed by atoms with Crippen molar-refractivity contribution in [3.63, 3.8) is 0 Å². The van der Waals surface area contributed by atoms with Crippen molar-refractivity contribution in [1.29, 1.82) is 0 Å². The summed E-state index contributed by atoms with van der Waals surface area (Å²) in [6.45, 7) is 4.27. The van der Waals surface area contributed by atoms with E-state index in [2.05, 4.69) is 172 Å². The third kappa shape index (κ3) is 4.99. The lowest BCUT2D eigenvalue weighted by Gasteiger charge is -2.10. The molecule has 0 N–H and O–H groups in total. The lowest BCUT2D eigenvalue weighted by atomic mass is 9.97. The van der Waals surface area contributed by atoms with E-state index in [1.807, 2.05) is 0 Å². The lowest BCUT2D eigenvalue weighted by Crippen LogP contribution is -1.89. The summed E-state index contributed by atoms with van der Waals surface area (Å²) < 4.78 is 0. The molecule has 0 radical (unpaired) electrons. The van der Waals surface area contributed by atoms with E-state index >= 15 is 0 Å². The molecule has 0 saturated heterocycles. The molecule has 2 nitrogen and oxygen atoms in total. The van der Waals surface area contributed by atoms with Crippen LogP contribution in [0.2, 0.25) is 0 Å². The van der Waals surface area contributed by atoms with E-state index in [4.69, 9.17) is 9.97 Å². The molecule has 0 saturated carbocycles. The van der Waals surface area contributed by atoms with Crippen LogP contribution in [-0.4, -0.2) is 9.97 Å². The van der Waals surface area contributed by atoms with E-state index in [-0.39, 0.29) is 0 Å². The van der Waals surface area contributed by atoms with Crippen molar-refractivity contribution < 1.29 is 0 Å². The Labute approximate surface area is 280 Å². The quantitative estimate of drug-likeness (QED) is 0.185. The summed E-state index contributed by atoms with van der Waals surface area (Å²) in [5.41, 5.74) is 13.5. The number of nitrogens with zero attached hydrogens (tertiary/aromatic N) is 2. The Kier molecular flexibility index (Phi) is 6.62. The zero-order valence-corrected chi connectivity index (χ0v) is 26.9. The summed E-state index contributed by atoms with van der Waals surface area (Å²) in [5, 5.41) is 7.15. The van der Waals surface area contributed by atoms with Crippen LogP contribution in [0.25, 0.3) is 88.1 Å². The van der Waals surface area contributed by atoms with Crippen molar-refractivity contribution in [2.75, 3.05) is 0 Å². The predicted molar refractivity (Wildman–Crippen MR) is 203 cm³/mol. The summed E-state index contributed by atoms with van der Waals surface area (Å²) in [6, 6.07) is 56.8. The molecule has 9 rings (SSSR count). The number of fused-ring (bicyclic) bond motifs is 6. The Morgan fingerprint density at radius 1 is 0.312 bits per heavy atom. The Hall–Kier alpha value is -6.12. The maximum absolute atomic E-state index is 5.17. The van der Waals surface area contributed by atoms with Crippen molar-refractivity contribution in [2.24, 2.45) is 0 Å². The van der Waals surface area contributed by atoms with Gasteiger partial charge >= 0.3 is 0 Å². The molecule has 0 unspecified atom stereocenters. The zero-order chi connectivity index (χ0) is 32.2. The zero-order valence-electron chi connectivity index (χ0n) is 26.9. The molecule has 0 atom stereocenters. The molecule has 48 heavy (non-hydrogen) atoms. The molecule has 2 heteroatoms. The second kappa shape index (κ2) is 11.3. The van der Waals surface area contributed by atoms with Crippen molar-refractivity contribution in [3.8, 4) is 44.8 Å². The second-order valence-corrected chi connectivity index (χ2v) is 12.9. The van der Waals surface area contributed by atoms with Crippen molar-refractivity contribution in [3.05, 3.63) is 169 Å². The van der Waals surface area contributed by atoms with Gasteiger partial charge in [0, 0.05) is 32.7 Å². The van der Waals surface area contributed by atoms with Crippen LogP contribution in [0, 0.1) is 13.8 Å². The number of rotatable bonds is 4. The smallest absolute Gasteiger partial charge is 0.0787 e. The largest absolute Gasteiger partial charge is 0.247 e. The molecular weight excluding hydrogens is 581 g/mol. The molecule has 0 aliphatic heterocycles. The second-order valence-electron chi connectivity index (χ2n) is 12.9. The molecular formula is C46H32N2. The van der Waals surface area contributed by atoms with E-state index in [0.29, 0.717) is 0 Å². The Bertz CT molecular complexity index is 2500. The van der Waals surface area contributed by atoms with Gasteiger partial charge in [0.1, 0.15) is 0 Å². The van der Waals surface area contributed by atoms with Gasteiger partial charge in [-0.25, -0.2) is 9.97 Å². The van der Waals surface area contributed by atoms with Gasteiger partial charge in [-0.1, -0.05) is 132 Å². The van der Waals surface area contributed by atoms with E-state index in [0.717, 1.165) is 44.3 Å². The van der Waals surface area contributed by atoms with Gasteiger partial charge in [-0.15, -0.1) is 0 Å². The standard InChI is InChI=1S/C46H32N2/c1-29-9-11-33-17-19-35-21-23-43(47-45(35)41(33)25-29)39-7-3-5-37(27-39)31-13-15-32(16-14-31)38-6-4-8-40(28-38)44-24-22-36-20-18-34-12-10-30(2)26-42(34)46(36)48-44/h3-28H,1-2H3. The van der Waals surface area contributed by atoms with Crippen LogP contribution in [-0.2, 0) is 0 Å². The van der Waals surface area contributed by atoms with E-state index in [1.165, 1.54) is 54.9 Å². The fourth-order valence-electron chi connectivity index (χ4n) is 6.93. The van der Waals surface area contributed by atoms with E-state index < -0.39 is 0 Å². The van der Waals surface area contributed by atoms with Crippen molar-refractivity contribution in [1.82, 2.24) is 9.97 Å². The predicted octanol–water partition coefficient (Wildman–Crippen LogP) is 12.4. The molecule has 7 aromatic carbocycles. The highest BCUT2D eigenvalue weighted by atomic mass is 14.7. The number of hydrogen-bond donors (Lipinski definition) is 0. The summed E-state index contributed by atoms with van der Waals surface area (Å²) in [5.74, 6) is 0. The first-order chi connectivity index (χ1) is 23.6. The highest BCUT2D eigenvalue weighted by Crippen LogP contribution is 2.33. The minimum atomic E-state index is 0.984. The first kappa shape index (κ1) is 28.1. The van der Waals surface area contributed by atoms with E-state index in [9.17, 15) is 0 Å². The number of hydrogen-bond acceptors (Lipinski definition) is 2. The first-order valence-corrected chi connectivity index (χ1v) is 16.5. The average Bonchev–Trinajstić information content (AvgIpc) is 3.14. The minimum absolute atomic E-state index is 0.984. The fraction of sp³-hybridized carbons (Fsp3) is 0.0435. The SMILES string of the molecule is Cc1ccc2ccc3ccc(-c4cccc(-c5ccc(-c6cccc(-c7ccc8ccc9ccc(C)cc9c8n7)c6)cc5)c4)nc3c2c1. The summed E-state index contributed by atoms with van der Waals surface area (Å²) >= 11 is 0. The first-order valence-electron chi connectivity index (χ1n) is 16.5. The number of benzene rings is 7. The minimum Gasteiger partial charge on any atom is -0.247 e. The highest BCUT2D eigenvalue weighted by Gasteiger charge is 2.10. The highest BCUT2D eigenvalue weighted by molar-refractivity contribution is 6.07. The van der Waals surface area contributed by atoms with Crippen LogP contribution in [0.3, 0.4) is 0 Å². The molecule has 0 aliphatic rings. The number of pyridine rings is 2. The molecule has 0 aliphatic carbocycles. The van der Waals surface area contributed by atoms with Crippen LogP contribution in [0.1, 0.15) is 11.1 Å². The summed E-state index contributed by atoms with van der Waals surface area (Å²) in [6.07, 6.45) is 0. The third-order valence-corrected chi connectivity index (χ3v) is 9.53. The molecule has 226 valence electrons. The van der Waals surface area contributed by atoms with Gasteiger partial charge in [0.15, 0.2) is 0 Å². The van der Waals surface area contributed by atoms with Crippen LogP contribution < -0.4 is 0 Å². The monoisotopic (exact) mass is 612 g/mol. The molecule has 2 heterocycles. The van der Waals surface area contributed by atoms with Crippen LogP contribution in [0.15, 0.2) is 158 Å². The summed E-state index contributed by atoms with van der Waals surface area (Å²) in [4.78, 5) is 10.3. The van der Waals surface area contributed by atoms with Crippen LogP contribution in [0.4, 0.5) is 0 Å². The number of aryl methyl sites for hydroxylation is 2. The normalized spacial score (nSPS) is 11.5. The average molecular weight is 613 g/mol. The molecule has 0 fully saturated rings. The molecule has 2 aromatic heterocycles. The Morgan fingerprint density at radius 2 is 0.688 bits per heavy atom.